The molecule has 2 N–H and O–H groups in total. The van der Waals surface area contributed by atoms with Crippen molar-refractivity contribution in [2.45, 2.75) is 44.1 Å². The molecule has 11 heavy (non-hydrogen) atoms. The van der Waals surface area contributed by atoms with Crippen molar-refractivity contribution in [3.8, 4) is 0 Å². The molecule has 3 fully saturated rings. The zero-order valence-corrected chi connectivity index (χ0v) is 6.66. The molecule has 0 radical (unpaired) electrons. The largest absolute Gasteiger partial charge is 0.325 e. The average Bonchev–Trinajstić information content (AvgIpc) is 1.53. The summed E-state index contributed by atoms with van der Waals surface area (Å²) in [5.41, 5.74) is 5.65. The minimum atomic E-state index is -2.50. The summed E-state index contributed by atoms with van der Waals surface area (Å²) < 4.78 is 25.1. The molecule has 0 unspecified atom stereocenters. The molecule has 64 valence electrons. The Morgan fingerprint density at radius 2 is 1.82 bits per heavy atom. The Bertz CT molecular complexity index is 175. The third-order valence-corrected chi connectivity index (χ3v) is 2.87. The third kappa shape index (κ3) is 1.06. The topological polar surface area (TPSA) is 26.0 Å². The molecule has 0 aromatic carbocycles. The zero-order valence-electron chi connectivity index (χ0n) is 6.66. The SMILES string of the molecule is CC(F)(F)CC12CC(N)(C1)C2. The van der Waals surface area contributed by atoms with Crippen molar-refractivity contribution in [3.63, 3.8) is 0 Å². The molecular formula is C8H13F2N. The average molecular weight is 161 g/mol. The number of rotatable bonds is 2. The summed E-state index contributed by atoms with van der Waals surface area (Å²) in [7, 11) is 0. The summed E-state index contributed by atoms with van der Waals surface area (Å²) in [6.07, 6.45) is 2.51. The van der Waals surface area contributed by atoms with Crippen molar-refractivity contribution in [2.75, 3.05) is 0 Å². The molecule has 0 spiro atoms. The highest BCUT2D eigenvalue weighted by atomic mass is 19.3. The molecule has 0 heterocycles. The Hall–Kier alpha value is -0.180. The van der Waals surface area contributed by atoms with E-state index in [-0.39, 0.29) is 17.4 Å². The summed E-state index contributed by atoms with van der Waals surface area (Å²) in [6.45, 7) is 0.997. The predicted molar refractivity (Wildman–Crippen MR) is 38.4 cm³/mol. The lowest BCUT2D eigenvalue weighted by atomic mass is 9.38. The lowest BCUT2D eigenvalue weighted by Gasteiger charge is -2.69. The van der Waals surface area contributed by atoms with Crippen LogP contribution in [-0.2, 0) is 0 Å². The van der Waals surface area contributed by atoms with E-state index in [1.807, 2.05) is 0 Å². The Labute approximate surface area is 65.0 Å². The number of hydrogen-bond donors (Lipinski definition) is 1. The Kier molecular flexibility index (Phi) is 1.09. The molecule has 2 bridgehead atoms. The molecule has 3 heteroatoms. The van der Waals surface area contributed by atoms with Gasteiger partial charge in [-0.2, -0.15) is 0 Å². The van der Waals surface area contributed by atoms with Gasteiger partial charge in [0.15, 0.2) is 0 Å². The van der Waals surface area contributed by atoms with E-state index in [1.165, 1.54) is 0 Å². The third-order valence-electron chi connectivity index (χ3n) is 2.87. The van der Waals surface area contributed by atoms with Gasteiger partial charge in [-0.25, -0.2) is 8.78 Å². The second-order valence-electron chi connectivity index (χ2n) is 4.64. The van der Waals surface area contributed by atoms with Gasteiger partial charge < -0.3 is 5.73 Å². The number of nitrogens with two attached hydrogens (primary N) is 1. The minimum absolute atomic E-state index is 0.0365. The van der Waals surface area contributed by atoms with Crippen molar-refractivity contribution in [1.29, 1.82) is 0 Å². The van der Waals surface area contributed by atoms with E-state index in [1.54, 1.807) is 0 Å². The van der Waals surface area contributed by atoms with Crippen molar-refractivity contribution < 1.29 is 8.78 Å². The fourth-order valence-corrected chi connectivity index (χ4v) is 2.93. The lowest BCUT2D eigenvalue weighted by Crippen LogP contribution is -2.72. The molecule has 0 aromatic heterocycles. The van der Waals surface area contributed by atoms with E-state index in [4.69, 9.17) is 5.73 Å². The minimum Gasteiger partial charge on any atom is -0.325 e. The standard InChI is InChI=1S/C8H13F2N/c1-6(9,10)2-7-3-8(11,4-7)5-7/h2-5,11H2,1H3. The van der Waals surface area contributed by atoms with Crippen LogP contribution >= 0.6 is 0 Å². The number of halogens is 2. The quantitative estimate of drug-likeness (QED) is 0.657. The molecule has 0 amide bonds. The highest BCUT2D eigenvalue weighted by Gasteiger charge is 2.67. The fraction of sp³-hybridized carbons (Fsp3) is 1.00. The van der Waals surface area contributed by atoms with Gasteiger partial charge in [-0.05, 0) is 31.6 Å². The van der Waals surface area contributed by atoms with Crippen molar-refractivity contribution in [2.24, 2.45) is 11.1 Å². The zero-order chi connectivity index (χ0) is 8.33. The molecule has 0 atom stereocenters. The molecule has 0 aromatic rings. The van der Waals surface area contributed by atoms with Gasteiger partial charge in [-0.1, -0.05) is 0 Å². The van der Waals surface area contributed by atoms with Crippen LogP contribution in [-0.4, -0.2) is 11.5 Å². The maximum atomic E-state index is 12.5. The Morgan fingerprint density at radius 3 is 2.09 bits per heavy atom. The first-order chi connectivity index (χ1) is 4.83. The molecule has 3 aliphatic carbocycles. The van der Waals surface area contributed by atoms with Gasteiger partial charge in [0.05, 0.1) is 0 Å². The van der Waals surface area contributed by atoms with Crippen LogP contribution in [0.15, 0.2) is 0 Å². The highest BCUT2D eigenvalue weighted by molar-refractivity contribution is 5.21. The van der Waals surface area contributed by atoms with E-state index in [2.05, 4.69) is 0 Å². The van der Waals surface area contributed by atoms with Crippen molar-refractivity contribution in [3.05, 3.63) is 0 Å². The van der Waals surface area contributed by atoms with Crippen LogP contribution in [0.5, 0.6) is 0 Å². The van der Waals surface area contributed by atoms with Crippen LogP contribution in [0.25, 0.3) is 0 Å². The van der Waals surface area contributed by atoms with E-state index < -0.39 is 5.92 Å². The fourth-order valence-electron chi connectivity index (χ4n) is 2.93. The summed E-state index contributed by atoms with van der Waals surface area (Å²) in [4.78, 5) is 0. The second-order valence-corrected chi connectivity index (χ2v) is 4.64. The maximum absolute atomic E-state index is 12.5. The summed E-state index contributed by atoms with van der Waals surface area (Å²) in [6, 6.07) is 0. The van der Waals surface area contributed by atoms with Crippen LogP contribution in [0.1, 0.15) is 32.6 Å². The van der Waals surface area contributed by atoms with Gasteiger partial charge in [-0.15, -0.1) is 0 Å². The molecule has 3 rings (SSSR count). The van der Waals surface area contributed by atoms with Crippen molar-refractivity contribution in [1.82, 2.24) is 0 Å². The monoisotopic (exact) mass is 161 g/mol. The normalized spacial score (nSPS) is 48.0. The smallest absolute Gasteiger partial charge is 0.245 e. The molecule has 1 nitrogen and oxygen atoms in total. The molecule has 3 saturated carbocycles. The molecular weight excluding hydrogens is 148 g/mol. The summed E-state index contributed by atoms with van der Waals surface area (Å²) in [5, 5.41) is 0. The van der Waals surface area contributed by atoms with E-state index in [9.17, 15) is 8.78 Å². The van der Waals surface area contributed by atoms with Crippen molar-refractivity contribution >= 4 is 0 Å². The van der Waals surface area contributed by atoms with Crippen LogP contribution in [0.4, 0.5) is 8.78 Å². The second kappa shape index (κ2) is 1.60. The lowest BCUT2D eigenvalue weighted by molar-refractivity contribution is -0.180. The van der Waals surface area contributed by atoms with Gasteiger partial charge in [0.2, 0.25) is 5.92 Å². The summed E-state index contributed by atoms with van der Waals surface area (Å²) in [5.74, 6) is -2.50. The van der Waals surface area contributed by atoms with Gasteiger partial charge >= 0.3 is 0 Å². The first-order valence-electron chi connectivity index (χ1n) is 4.00. The van der Waals surface area contributed by atoms with E-state index in [0.717, 1.165) is 26.2 Å². The predicted octanol–water partition coefficient (Wildman–Crippen LogP) is 1.91. The molecule has 0 saturated heterocycles. The van der Waals surface area contributed by atoms with Crippen LogP contribution in [0.3, 0.4) is 0 Å². The number of alkyl halides is 2. The first kappa shape index (κ1) is 7.47. The van der Waals surface area contributed by atoms with Gasteiger partial charge in [-0.3, -0.25) is 0 Å². The summed E-state index contributed by atoms with van der Waals surface area (Å²) >= 11 is 0. The van der Waals surface area contributed by atoms with Crippen LogP contribution < -0.4 is 5.73 Å². The number of hydrogen-bond acceptors (Lipinski definition) is 1. The van der Waals surface area contributed by atoms with Crippen LogP contribution in [0, 0.1) is 5.41 Å². The van der Waals surface area contributed by atoms with Gasteiger partial charge in [0.25, 0.3) is 0 Å². The molecule has 0 aliphatic heterocycles. The highest BCUT2D eigenvalue weighted by Crippen LogP contribution is 2.69. The van der Waals surface area contributed by atoms with E-state index in [0.29, 0.717) is 0 Å². The molecule has 3 aliphatic rings. The Morgan fingerprint density at radius 1 is 1.36 bits per heavy atom. The van der Waals surface area contributed by atoms with Gasteiger partial charge in [0.1, 0.15) is 0 Å². The van der Waals surface area contributed by atoms with Crippen LogP contribution in [0.2, 0.25) is 0 Å². The maximum Gasteiger partial charge on any atom is 0.245 e. The van der Waals surface area contributed by atoms with E-state index >= 15 is 0 Å². The Balaban J connectivity index is 1.91. The first-order valence-corrected chi connectivity index (χ1v) is 4.00. The van der Waals surface area contributed by atoms with Gasteiger partial charge in [0, 0.05) is 12.0 Å².